The molecule has 0 atom stereocenters. The average molecular weight is 375 g/mol. The summed E-state index contributed by atoms with van der Waals surface area (Å²) in [6, 6.07) is 12.9. The van der Waals surface area contributed by atoms with Crippen LogP contribution in [0.25, 0.3) is 27.8 Å². The molecule has 0 radical (unpaired) electrons. The molecule has 1 aromatic carbocycles. The summed E-state index contributed by atoms with van der Waals surface area (Å²) in [6.45, 7) is 0. The van der Waals surface area contributed by atoms with Gasteiger partial charge in [-0.25, -0.2) is 0 Å². The van der Waals surface area contributed by atoms with E-state index in [4.69, 9.17) is 0 Å². The van der Waals surface area contributed by atoms with Gasteiger partial charge < -0.3 is 4.98 Å². The van der Waals surface area contributed by atoms with Gasteiger partial charge in [0.05, 0.1) is 11.9 Å². The number of H-pyrrole nitrogens is 1. The maximum absolute atomic E-state index is 11.4. The summed E-state index contributed by atoms with van der Waals surface area (Å²) >= 11 is 1.47. The van der Waals surface area contributed by atoms with Crippen molar-refractivity contribution in [2.45, 2.75) is 10.1 Å². The summed E-state index contributed by atoms with van der Waals surface area (Å²) in [4.78, 5) is 15.2. The molecule has 4 aromatic heterocycles. The number of pyridine rings is 1. The lowest BCUT2D eigenvalue weighted by Gasteiger charge is -2.03. The van der Waals surface area contributed by atoms with E-state index in [9.17, 15) is 4.79 Å². The molecular formula is C18H13N7OS. The molecule has 0 unspecified atom stereocenters. The normalized spacial score (nSPS) is 11.4. The van der Waals surface area contributed by atoms with E-state index in [2.05, 4.69) is 25.4 Å². The topological polar surface area (TPSA) is 93.8 Å². The largest absolute Gasteiger partial charge is 0.322 e. The van der Waals surface area contributed by atoms with Gasteiger partial charge in [-0.3, -0.25) is 9.48 Å². The van der Waals surface area contributed by atoms with Gasteiger partial charge in [0.1, 0.15) is 0 Å². The van der Waals surface area contributed by atoms with Crippen LogP contribution >= 0.6 is 11.8 Å². The summed E-state index contributed by atoms with van der Waals surface area (Å²) < 4.78 is 3.46. The number of hydrogen-bond donors (Lipinski definition) is 1. The fourth-order valence-corrected chi connectivity index (χ4v) is 3.68. The van der Waals surface area contributed by atoms with Crippen LogP contribution in [0.5, 0.6) is 0 Å². The summed E-state index contributed by atoms with van der Waals surface area (Å²) in [5.41, 5.74) is 3.09. The molecule has 5 aromatic rings. The van der Waals surface area contributed by atoms with Crippen LogP contribution in [0.4, 0.5) is 0 Å². The second-order valence-corrected chi connectivity index (χ2v) is 7.09. The highest BCUT2D eigenvalue weighted by molar-refractivity contribution is 7.99. The summed E-state index contributed by atoms with van der Waals surface area (Å²) in [7, 11) is 1.87. The highest BCUT2D eigenvalue weighted by Gasteiger charge is 2.11. The Bertz CT molecular complexity index is 1350. The van der Waals surface area contributed by atoms with Crippen LogP contribution < -0.4 is 5.56 Å². The van der Waals surface area contributed by atoms with Crippen LogP contribution in [0.1, 0.15) is 0 Å². The number of aromatic amines is 1. The van der Waals surface area contributed by atoms with Crippen molar-refractivity contribution in [2.24, 2.45) is 7.05 Å². The molecule has 0 aliphatic rings. The number of aromatic nitrogens is 7. The zero-order valence-corrected chi connectivity index (χ0v) is 15.0. The molecule has 9 heteroatoms. The first-order valence-electron chi connectivity index (χ1n) is 8.18. The molecule has 0 saturated heterocycles. The van der Waals surface area contributed by atoms with Gasteiger partial charge >= 0.3 is 0 Å². The Kier molecular flexibility index (Phi) is 3.54. The Labute approximate surface area is 156 Å². The second kappa shape index (κ2) is 6.06. The molecule has 132 valence electrons. The lowest BCUT2D eigenvalue weighted by atomic mass is 10.2. The summed E-state index contributed by atoms with van der Waals surface area (Å²) in [5.74, 6) is 0. The first kappa shape index (κ1) is 15.8. The van der Waals surface area contributed by atoms with Crippen LogP contribution in [0, 0.1) is 0 Å². The maximum atomic E-state index is 11.4. The summed E-state index contributed by atoms with van der Waals surface area (Å²) in [6.07, 6.45) is 3.69. The molecule has 4 heterocycles. The first-order valence-corrected chi connectivity index (χ1v) is 9.00. The Morgan fingerprint density at radius 3 is 2.85 bits per heavy atom. The molecule has 27 heavy (non-hydrogen) atoms. The number of aryl methyl sites for hydroxylation is 1. The second-order valence-electron chi connectivity index (χ2n) is 6.05. The number of nitrogens with one attached hydrogen (secondary N) is 1. The third-order valence-electron chi connectivity index (χ3n) is 4.14. The van der Waals surface area contributed by atoms with Crippen molar-refractivity contribution in [3.8, 4) is 11.3 Å². The third kappa shape index (κ3) is 2.87. The molecule has 0 aliphatic carbocycles. The highest BCUT2D eigenvalue weighted by Crippen LogP contribution is 2.28. The SMILES string of the molecule is Cn1cc(-c2ccc3nnc(Sc4ccc5[nH]c(=O)ccc5c4)n3n2)cn1. The highest BCUT2D eigenvalue weighted by atomic mass is 32.2. The number of benzene rings is 1. The maximum Gasteiger partial charge on any atom is 0.248 e. The Morgan fingerprint density at radius 2 is 2.00 bits per heavy atom. The number of rotatable bonds is 3. The quantitative estimate of drug-likeness (QED) is 0.521. The molecule has 1 N–H and O–H groups in total. The fourth-order valence-electron chi connectivity index (χ4n) is 2.84. The van der Waals surface area contributed by atoms with Crippen LogP contribution in [0.2, 0.25) is 0 Å². The van der Waals surface area contributed by atoms with Gasteiger partial charge in [0.2, 0.25) is 10.7 Å². The average Bonchev–Trinajstić information content (AvgIpc) is 3.28. The van der Waals surface area contributed by atoms with E-state index < -0.39 is 0 Å². The molecule has 0 spiro atoms. The predicted octanol–water partition coefficient (Wildman–Crippen LogP) is 2.52. The van der Waals surface area contributed by atoms with Crippen LogP contribution in [-0.2, 0) is 7.05 Å². The first-order chi connectivity index (χ1) is 13.2. The van der Waals surface area contributed by atoms with E-state index in [1.54, 1.807) is 21.5 Å². The van der Waals surface area contributed by atoms with Crippen molar-refractivity contribution < 1.29 is 0 Å². The lowest BCUT2D eigenvalue weighted by molar-refractivity contribution is 0.767. The number of fused-ring (bicyclic) bond motifs is 2. The van der Waals surface area contributed by atoms with Gasteiger partial charge in [0.15, 0.2) is 5.65 Å². The lowest BCUT2D eigenvalue weighted by Crippen LogP contribution is -2.02. The minimum Gasteiger partial charge on any atom is -0.322 e. The molecule has 5 rings (SSSR count). The van der Waals surface area contributed by atoms with Crippen molar-refractivity contribution in [1.29, 1.82) is 0 Å². The van der Waals surface area contributed by atoms with Gasteiger partial charge in [-0.15, -0.1) is 10.2 Å². The molecular weight excluding hydrogens is 362 g/mol. The van der Waals surface area contributed by atoms with Gasteiger partial charge in [-0.2, -0.15) is 14.7 Å². The Balaban J connectivity index is 1.54. The Hall–Kier alpha value is -3.46. The minimum absolute atomic E-state index is 0.113. The predicted molar refractivity (Wildman–Crippen MR) is 102 cm³/mol. The van der Waals surface area contributed by atoms with Crippen molar-refractivity contribution >= 4 is 28.3 Å². The van der Waals surface area contributed by atoms with E-state index in [1.807, 2.05) is 43.6 Å². The van der Waals surface area contributed by atoms with Crippen molar-refractivity contribution in [1.82, 2.24) is 34.6 Å². The third-order valence-corrected chi connectivity index (χ3v) is 5.07. The van der Waals surface area contributed by atoms with E-state index in [1.165, 1.54) is 17.8 Å². The van der Waals surface area contributed by atoms with E-state index in [-0.39, 0.29) is 5.56 Å². The van der Waals surface area contributed by atoms with Crippen molar-refractivity contribution in [3.63, 3.8) is 0 Å². The molecule has 8 nitrogen and oxygen atoms in total. The van der Waals surface area contributed by atoms with Crippen LogP contribution in [0.15, 0.2) is 69.7 Å². The standard InChI is InChI=1S/C18H13N7OS/c1-24-10-12(9-19-24)15-5-6-16-21-22-18(25(16)23-15)27-13-3-4-14-11(8-13)2-7-17(26)20-14/h2-10H,1H3,(H,20,26). The molecule has 0 amide bonds. The molecule has 0 aliphatic heterocycles. The van der Waals surface area contributed by atoms with E-state index in [0.29, 0.717) is 10.8 Å². The number of nitrogens with zero attached hydrogens (tertiary/aromatic N) is 6. The van der Waals surface area contributed by atoms with E-state index in [0.717, 1.165) is 27.1 Å². The molecule has 0 bridgehead atoms. The Morgan fingerprint density at radius 1 is 1.07 bits per heavy atom. The fraction of sp³-hybridized carbons (Fsp3) is 0.0556. The zero-order chi connectivity index (χ0) is 18.4. The minimum atomic E-state index is -0.113. The van der Waals surface area contributed by atoms with Crippen LogP contribution in [0.3, 0.4) is 0 Å². The smallest absolute Gasteiger partial charge is 0.248 e. The van der Waals surface area contributed by atoms with Gasteiger partial charge in [-0.1, -0.05) is 0 Å². The van der Waals surface area contributed by atoms with Gasteiger partial charge in [-0.05, 0) is 53.5 Å². The molecule has 0 saturated carbocycles. The van der Waals surface area contributed by atoms with Crippen molar-refractivity contribution in [3.05, 3.63) is 65.2 Å². The van der Waals surface area contributed by atoms with Gasteiger partial charge in [0, 0.05) is 35.3 Å². The van der Waals surface area contributed by atoms with E-state index >= 15 is 0 Å². The monoisotopic (exact) mass is 375 g/mol. The van der Waals surface area contributed by atoms with Crippen molar-refractivity contribution in [2.75, 3.05) is 0 Å². The number of hydrogen-bond acceptors (Lipinski definition) is 6. The van der Waals surface area contributed by atoms with Crippen LogP contribution in [-0.4, -0.2) is 34.6 Å². The summed E-state index contributed by atoms with van der Waals surface area (Å²) in [5, 5.41) is 18.9. The van der Waals surface area contributed by atoms with Gasteiger partial charge in [0.25, 0.3) is 0 Å². The molecule has 0 fully saturated rings. The zero-order valence-electron chi connectivity index (χ0n) is 14.2.